The zero-order chi connectivity index (χ0) is 16.1. The normalized spacial score (nSPS) is 12.3. The molecule has 118 valence electrons. The summed E-state index contributed by atoms with van der Waals surface area (Å²) in [4.78, 5) is 0. The average Bonchev–Trinajstić information content (AvgIpc) is 3.10. The maximum Gasteiger partial charge on any atom is 0.102 e. The first kappa shape index (κ1) is 16.2. The zero-order valence-corrected chi connectivity index (χ0v) is 14.6. The summed E-state index contributed by atoms with van der Waals surface area (Å²) in [5, 5.41) is 5.19. The first-order valence-corrected chi connectivity index (χ1v) is 9.22. The van der Waals surface area contributed by atoms with Crippen LogP contribution < -0.4 is 0 Å². The van der Waals surface area contributed by atoms with E-state index in [0.29, 0.717) is 0 Å². The van der Waals surface area contributed by atoms with Crippen LogP contribution in [0.2, 0.25) is 5.02 Å². The number of hydrogen-bond donors (Lipinski definition) is 0. The lowest BCUT2D eigenvalue weighted by Crippen LogP contribution is -2.12. The molecular weight excluding hydrogens is 324 g/mol. The van der Waals surface area contributed by atoms with E-state index >= 15 is 0 Å². The summed E-state index contributed by atoms with van der Waals surface area (Å²) in [7, 11) is 0. The SMILES string of the molecule is CCSCc1ccc(C(c2ccc(Cl)cc2)n2cccn2)cc1. The van der Waals surface area contributed by atoms with Gasteiger partial charge in [-0.1, -0.05) is 54.9 Å². The molecule has 2 aromatic carbocycles. The van der Waals surface area contributed by atoms with Gasteiger partial charge in [0, 0.05) is 23.2 Å². The summed E-state index contributed by atoms with van der Waals surface area (Å²) in [6.45, 7) is 2.19. The second kappa shape index (κ2) is 7.71. The van der Waals surface area contributed by atoms with Crippen LogP contribution in [0.25, 0.3) is 0 Å². The fourth-order valence-corrected chi connectivity index (χ4v) is 3.35. The molecule has 1 unspecified atom stereocenters. The predicted octanol–water partition coefficient (Wildman–Crippen LogP) is 5.43. The first-order valence-electron chi connectivity index (χ1n) is 7.69. The number of benzene rings is 2. The van der Waals surface area contributed by atoms with Crippen LogP contribution in [0.1, 0.15) is 29.7 Å². The molecule has 0 bridgehead atoms. The Morgan fingerprint density at radius 3 is 2.26 bits per heavy atom. The van der Waals surface area contributed by atoms with Gasteiger partial charge in [0.2, 0.25) is 0 Å². The Balaban J connectivity index is 1.94. The van der Waals surface area contributed by atoms with Gasteiger partial charge in [0.15, 0.2) is 0 Å². The van der Waals surface area contributed by atoms with Gasteiger partial charge in [0.25, 0.3) is 0 Å². The molecule has 0 amide bonds. The molecule has 0 spiro atoms. The van der Waals surface area contributed by atoms with Gasteiger partial charge in [0.1, 0.15) is 6.04 Å². The zero-order valence-electron chi connectivity index (χ0n) is 13.0. The van der Waals surface area contributed by atoms with Gasteiger partial charge in [-0.15, -0.1) is 0 Å². The van der Waals surface area contributed by atoms with E-state index in [1.807, 2.05) is 47.0 Å². The molecule has 0 radical (unpaired) electrons. The van der Waals surface area contributed by atoms with Gasteiger partial charge in [-0.05, 0) is 40.6 Å². The first-order chi connectivity index (χ1) is 11.3. The molecule has 0 aliphatic rings. The van der Waals surface area contributed by atoms with Crippen LogP contribution in [0.4, 0.5) is 0 Å². The third-order valence-corrected chi connectivity index (χ3v) is 4.94. The molecule has 0 saturated heterocycles. The van der Waals surface area contributed by atoms with Crippen molar-refractivity contribution in [3.8, 4) is 0 Å². The largest absolute Gasteiger partial charge is 0.261 e. The fourth-order valence-electron chi connectivity index (χ4n) is 2.59. The van der Waals surface area contributed by atoms with Gasteiger partial charge in [-0.2, -0.15) is 16.9 Å². The predicted molar refractivity (Wildman–Crippen MR) is 99.2 cm³/mol. The lowest BCUT2D eigenvalue weighted by Gasteiger charge is -2.19. The Labute approximate surface area is 146 Å². The van der Waals surface area contributed by atoms with Crippen LogP contribution in [0.5, 0.6) is 0 Å². The number of thioether (sulfide) groups is 1. The molecule has 2 nitrogen and oxygen atoms in total. The quantitative estimate of drug-likeness (QED) is 0.594. The molecule has 0 N–H and O–H groups in total. The van der Waals surface area contributed by atoms with E-state index in [9.17, 15) is 0 Å². The van der Waals surface area contributed by atoms with Crippen molar-refractivity contribution in [3.05, 3.63) is 88.7 Å². The molecule has 4 heteroatoms. The molecule has 3 aromatic rings. The van der Waals surface area contributed by atoms with E-state index in [2.05, 4.69) is 48.4 Å². The second-order valence-corrected chi connectivity index (χ2v) is 7.03. The van der Waals surface area contributed by atoms with Crippen molar-refractivity contribution < 1.29 is 0 Å². The Bertz CT molecular complexity index is 721. The lowest BCUT2D eigenvalue weighted by molar-refractivity contribution is 0.595. The van der Waals surface area contributed by atoms with Gasteiger partial charge in [0.05, 0.1) is 0 Å². The van der Waals surface area contributed by atoms with Gasteiger partial charge >= 0.3 is 0 Å². The summed E-state index contributed by atoms with van der Waals surface area (Å²) in [5.74, 6) is 2.20. The van der Waals surface area contributed by atoms with Crippen LogP contribution in [-0.4, -0.2) is 15.5 Å². The highest BCUT2D eigenvalue weighted by molar-refractivity contribution is 7.98. The highest BCUT2D eigenvalue weighted by atomic mass is 35.5. The Morgan fingerprint density at radius 2 is 1.70 bits per heavy atom. The minimum Gasteiger partial charge on any atom is -0.261 e. The van der Waals surface area contributed by atoms with Gasteiger partial charge < -0.3 is 0 Å². The van der Waals surface area contributed by atoms with E-state index in [1.54, 1.807) is 0 Å². The van der Waals surface area contributed by atoms with Crippen LogP contribution in [-0.2, 0) is 5.75 Å². The standard InChI is InChI=1S/C19H19ClN2S/c1-2-23-14-15-4-6-16(7-5-15)19(22-13-3-12-21-22)17-8-10-18(20)11-9-17/h3-13,19H,2,14H2,1H3. The third kappa shape index (κ3) is 3.98. The van der Waals surface area contributed by atoms with Crippen LogP contribution in [0.15, 0.2) is 67.0 Å². The minimum absolute atomic E-state index is 0.0649. The van der Waals surface area contributed by atoms with Crippen molar-refractivity contribution in [3.63, 3.8) is 0 Å². The summed E-state index contributed by atoms with van der Waals surface area (Å²) in [5.41, 5.74) is 3.76. The van der Waals surface area contributed by atoms with Crippen molar-refractivity contribution in [1.82, 2.24) is 9.78 Å². The Morgan fingerprint density at radius 1 is 1.04 bits per heavy atom. The van der Waals surface area contributed by atoms with Crippen LogP contribution >= 0.6 is 23.4 Å². The van der Waals surface area contributed by atoms with Crippen molar-refractivity contribution in [2.24, 2.45) is 0 Å². The molecular formula is C19H19ClN2S. The maximum absolute atomic E-state index is 6.03. The van der Waals surface area contributed by atoms with Crippen LogP contribution in [0, 0.1) is 0 Å². The van der Waals surface area contributed by atoms with E-state index in [-0.39, 0.29) is 6.04 Å². The molecule has 3 rings (SSSR count). The Hall–Kier alpha value is -1.71. The summed E-state index contributed by atoms with van der Waals surface area (Å²) in [6.07, 6.45) is 3.81. The summed E-state index contributed by atoms with van der Waals surface area (Å²) in [6, 6.07) is 18.8. The highest BCUT2D eigenvalue weighted by Gasteiger charge is 2.16. The van der Waals surface area contributed by atoms with Crippen molar-refractivity contribution in [1.29, 1.82) is 0 Å². The molecule has 1 atom stereocenters. The van der Waals surface area contributed by atoms with Crippen molar-refractivity contribution in [2.75, 3.05) is 5.75 Å². The summed E-state index contributed by atoms with van der Waals surface area (Å²) >= 11 is 7.97. The number of rotatable bonds is 6. The highest BCUT2D eigenvalue weighted by Crippen LogP contribution is 2.27. The topological polar surface area (TPSA) is 17.8 Å². The van der Waals surface area contributed by atoms with E-state index in [4.69, 9.17) is 11.6 Å². The molecule has 0 aliphatic carbocycles. The molecule has 1 heterocycles. The molecule has 23 heavy (non-hydrogen) atoms. The Kier molecular flexibility index (Phi) is 5.42. The number of hydrogen-bond acceptors (Lipinski definition) is 2. The monoisotopic (exact) mass is 342 g/mol. The summed E-state index contributed by atoms with van der Waals surface area (Å²) < 4.78 is 1.99. The minimum atomic E-state index is 0.0649. The molecule has 1 aromatic heterocycles. The molecule has 0 fully saturated rings. The number of aromatic nitrogens is 2. The van der Waals surface area contributed by atoms with Crippen molar-refractivity contribution in [2.45, 2.75) is 18.7 Å². The fraction of sp³-hybridized carbons (Fsp3) is 0.211. The van der Waals surface area contributed by atoms with E-state index < -0.39 is 0 Å². The second-order valence-electron chi connectivity index (χ2n) is 5.32. The average molecular weight is 343 g/mol. The lowest BCUT2D eigenvalue weighted by atomic mass is 9.98. The van der Waals surface area contributed by atoms with Crippen molar-refractivity contribution >= 4 is 23.4 Å². The third-order valence-electron chi connectivity index (χ3n) is 3.74. The molecule has 0 aliphatic heterocycles. The number of nitrogens with zero attached hydrogens (tertiary/aromatic N) is 2. The van der Waals surface area contributed by atoms with E-state index in [1.165, 1.54) is 16.7 Å². The van der Waals surface area contributed by atoms with Gasteiger partial charge in [-0.3, -0.25) is 4.68 Å². The van der Waals surface area contributed by atoms with Gasteiger partial charge in [-0.25, -0.2) is 0 Å². The van der Waals surface area contributed by atoms with E-state index in [0.717, 1.165) is 16.5 Å². The molecule has 0 saturated carbocycles. The smallest absolute Gasteiger partial charge is 0.102 e. The maximum atomic E-state index is 6.03. The van der Waals surface area contributed by atoms with Crippen LogP contribution in [0.3, 0.4) is 0 Å². The number of halogens is 1.